The van der Waals surface area contributed by atoms with E-state index in [0.29, 0.717) is 16.9 Å². The lowest BCUT2D eigenvalue weighted by Gasteiger charge is -2.25. The first-order chi connectivity index (χ1) is 14.9. The Balaban J connectivity index is 1.83. The lowest BCUT2D eigenvalue weighted by atomic mass is 9.94. The van der Waals surface area contributed by atoms with Gasteiger partial charge in [0.15, 0.2) is 0 Å². The van der Waals surface area contributed by atoms with Crippen molar-refractivity contribution in [1.29, 1.82) is 0 Å². The third kappa shape index (κ3) is 3.77. The fourth-order valence-electron chi connectivity index (χ4n) is 4.18. The van der Waals surface area contributed by atoms with Crippen LogP contribution in [-0.2, 0) is 20.7 Å². The summed E-state index contributed by atoms with van der Waals surface area (Å²) < 4.78 is 16.2. The maximum atomic E-state index is 13.0. The van der Waals surface area contributed by atoms with Crippen molar-refractivity contribution in [2.24, 2.45) is 0 Å². The van der Waals surface area contributed by atoms with E-state index in [4.69, 9.17) is 14.2 Å². The summed E-state index contributed by atoms with van der Waals surface area (Å²) in [6.07, 6.45) is 0.779. The summed E-state index contributed by atoms with van der Waals surface area (Å²) in [6.45, 7) is 2.46. The fourth-order valence-corrected chi connectivity index (χ4v) is 4.18. The highest BCUT2D eigenvalue weighted by molar-refractivity contribution is 6.46. The Morgan fingerprint density at radius 1 is 1.19 bits per heavy atom. The monoisotopic (exact) mass is 423 g/mol. The SMILES string of the molecule is COCCN1C(=O)C(=O)/C(=C(/O)c2ccc3c(c2)CC(C)O3)C1c1cccc(OC)c1. The van der Waals surface area contributed by atoms with E-state index in [0.717, 1.165) is 17.7 Å². The molecule has 0 bridgehead atoms. The number of aliphatic hydroxyl groups excluding tert-OH is 1. The van der Waals surface area contributed by atoms with Gasteiger partial charge >= 0.3 is 0 Å². The molecule has 2 aromatic rings. The number of ether oxygens (including phenoxy) is 3. The Kier molecular flexibility index (Phi) is 5.69. The van der Waals surface area contributed by atoms with Crippen molar-refractivity contribution in [3.63, 3.8) is 0 Å². The molecule has 2 unspecified atom stereocenters. The van der Waals surface area contributed by atoms with Gasteiger partial charge in [0.05, 0.1) is 25.3 Å². The third-order valence-corrected chi connectivity index (χ3v) is 5.66. The van der Waals surface area contributed by atoms with Crippen LogP contribution in [0.2, 0.25) is 0 Å². The zero-order valence-corrected chi connectivity index (χ0v) is 17.8. The first kappa shape index (κ1) is 20.9. The number of ketones is 1. The number of hydrogen-bond donors (Lipinski definition) is 1. The largest absolute Gasteiger partial charge is 0.507 e. The molecule has 2 aromatic carbocycles. The zero-order chi connectivity index (χ0) is 22.1. The Morgan fingerprint density at radius 3 is 2.74 bits per heavy atom. The van der Waals surface area contributed by atoms with Crippen LogP contribution in [0.25, 0.3) is 5.76 Å². The van der Waals surface area contributed by atoms with Crippen molar-refractivity contribution in [3.8, 4) is 11.5 Å². The maximum Gasteiger partial charge on any atom is 0.295 e. The summed E-state index contributed by atoms with van der Waals surface area (Å²) in [4.78, 5) is 27.3. The van der Waals surface area contributed by atoms with Crippen LogP contribution in [0.1, 0.15) is 29.7 Å². The highest BCUT2D eigenvalue weighted by Crippen LogP contribution is 2.41. The molecule has 7 nitrogen and oxygen atoms in total. The normalized spacial score (nSPS) is 21.8. The summed E-state index contributed by atoms with van der Waals surface area (Å²) in [5, 5.41) is 11.2. The molecule has 31 heavy (non-hydrogen) atoms. The minimum atomic E-state index is -0.742. The summed E-state index contributed by atoms with van der Waals surface area (Å²) in [7, 11) is 3.08. The number of methoxy groups -OCH3 is 2. The molecule has 0 aliphatic carbocycles. The summed E-state index contributed by atoms with van der Waals surface area (Å²) >= 11 is 0. The standard InChI is InChI=1S/C24H25NO6/c1-14-11-17-12-16(7-8-19(17)31-14)22(26)20-21(15-5-4-6-18(13-15)30-3)25(9-10-29-2)24(28)23(20)27/h4-8,12-14,21,26H,9-11H2,1-3H3/b22-20+. The minimum absolute atomic E-state index is 0.0567. The molecule has 4 rings (SSSR count). The van der Waals surface area contributed by atoms with Crippen LogP contribution in [0, 0.1) is 0 Å². The van der Waals surface area contributed by atoms with Crippen LogP contribution in [0.3, 0.4) is 0 Å². The lowest BCUT2D eigenvalue weighted by Crippen LogP contribution is -2.32. The van der Waals surface area contributed by atoms with Gasteiger partial charge in [0, 0.05) is 25.6 Å². The van der Waals surface area contributed by atoms with E-state index in [2.05, 4.69) is 0 Å². The minimum Gasteiger partial charge on any atom is -0.507 e. The van der Waals surface area contributed by atoms with Gasteiger partial charge in [0.2, 0.25) is 0 Å². The van der Waals surface area contributed by atoms with Gasteiger partial charge in [0.1, 0.15) is 23.4 Å². The Hall–Kier alpha value is -3.32. The quantitative estimate of drug-likeness (QED) is 0.437. The maximum absolute atomic E-state index is 13.0. The van der Waals surface area contributed by atoms with Crippen LogP contribution < -0.4 is 9.47 Å². The molecule has 0 radical (unpaired) electrons. The first-order valence-corrected chi connectivity index (χ1v) is 10.2. The molecular weight excluding hydrogens is 398 g/mol. The van der Waals surface area contributed by atoms with E-state index >= 15 is 0 Å². The van der Waals surface area contributed by atoms with E-state index in [-0.39, 0.29) is 30.6 Å². The number of fused-ring (bicyclic) bond motifs is 1. The van der Waals surface area contributed by atoms with Crippen molar-refractivity contribution < 1.29 is 28.9 Å². The molecule has 0 saturated carbocycles. The zero-order valence-electron chi connectivity index (χ0n) is 17.8. The number of benzene rings is 2. The van der Waals surface area contributed by atoms with Crippen molar-refractivity contribution in [2.75, 3.05) is 27.4 Å². The highest BCUT2D eigenvalue weighted by Gasteiger charge is 2.46. The van der Waals surface area contributed by atoms with Crippen molar-refractivity contribution >= 4 is 17.4 Å². The van der Waals surface area contributed by atoms with E-state index < -0.39 is 17.7 Å². The fraction of sp³-hybridized carbons (Fsp3) is 0.333. The molecule has 1 amide bonds. The van der Waals surface area contributed by atoms with Gasteiger partial charge in [-0.15, -0.1) is 0 Å². The van der Waals surface area contributed by atoms with Gasteiger partial charge in [-0.25, -0.2) is 0 Å². The van der Waals surface area contributed by atoms with Crippen LogP contribution >= 0.6 is 0 Å². The first-order valence-electron chi connectivity index (χ1n) is 10.2. The van der Waals surface area contributed by atoms with Gasteiger partial charge in [-0.1, -0.05) is 12.1 Å². The molecule has 1 saturated heterocycles. The predicted molar refractivity (Wildman–Crippen MR) is 114 cm³/mol. The number of nitrogens with zero attached hydrogens (tertiary/aromatic N) is 1. The van der Waals surface area contributed by atoms with Crippen molar-refractivity contribution in [2.45, 2.75) is 25.5 Å². The number of carbonyl (C=O) groups excluding carboxylic acids is 2. The van der Waals surface area contributed by atoms with Crippen molar-refractivity contribution in [1.82, 2.24) is 4.90 Å². The second-order valence-electron chi connectivity index (χ2n) is 7.72. The molecule has 1 fully saturated rings. The second-order valence-corrected chi connectivity index (χ2v) is 7.72. The van der Waals surface area contributed by atoms with Crippen LogP contribution in [0.5, 0.6) is 11.5 Å². The summed E-state index contributed by atoms with van der Waals surface area (Å²) in [5.41, 5.74) is 2.17. The van der Waals surface area contributed by atoms with Crippen LogP contribution in [-0.4, -0.2) is 55.2 Å². The van der Waals surface area contributed by atoms with Gasteiger partial charge in [0.25, 0.3) is 11.7 Å². The molecule has 2 heterocycles. The smallest absolute Gasteiger partial charge is 0.295 e. The molecule has 2 atom stereocenters. The lowest BCUT2D eigenvalue weighted by molar-refractivity contribution is -0.140. The second kappa shape index (κ2) is 8.43. The number of likely N-dealkylation sites (tertiary alicyclic amines) is 1. The molecule has 2 aliphatic rings. The molecular formula is C24H25NO6. The van der Waals surface area contributed by atoms with Gasteiger partial charge < -0.3 is 24.2 Å². The van der Waals surface area contributed by atoms with Crippen LogP contribution in [0.4, 0.5) is 0 Å². The van der Waals surface area contributed by atoms with Crippen molar-refractivity contribution in [3.05, 3.63) is 64.7 Å². The number of aliphatic hydroxyl groups is 1. The van der Waals surface area contributed by atoms with E-state index in [1.54, 1.807) is 37.4 Å². The Bertz CT molecular complexity index is 1060. The number of amides is 1. The molecule has 0 spiro atoms. The van der Waals surface area contributed by atoms with E-state index in [1.807, 2.05) is 19.1 Å². The predicted octanol–water partition coefficient (Wildman–Crippen LogP) is 3.09. The van der Waals surface area contributed by atoms with E-state index in [9.17, 15) is 14.7 Å². The third-order valence-electron chi connectivity index (χ3n) is 5.66. The van der Waals surface area contributed by atoms with E-state index in [1.165, 1.54) is 12.0 Å². The highest BCUT2D eigenvalue weighted by atomic mass is 16.5. The van der Waals surface area contributed by atoms with Crippen LogP contribution in [0.15, 0.2) is 48.0 Å². The molecule has 2 aliphatic heterocycles. The number of carbonyl (C=O) groups is 2. The molecule has 1 N–H and O–H groups in total. The summed E-state index contributed by atoms with van der Waals surface area (Å²) in [5.74, 6) is -0.211. The average Bonchev–Trinajstić information content (AvgIpc) is 3.27. The molecule has 7 heteroatoms. The Labute approximate surface area is 180 Å². The number of rotatable bonds is 6. The Morgan fingerprint density at radius 2 is 2.00 bits per heavy atom. The number of hydrogen-bond acceptors (Lipinski definition) is 6. The average molecular weight is 423 g/mol. The van der Waals surface area contributed by atoms with Gasteiger partial charge in [-0.3, -0.25) is 9.59 Å². The number of Topliss-reactive ketones (excluding diaryl/α,β-unsaturated/α-hetero) is 1. The van der Waals surface area contributed by atoms with Gasteiger partial charge in [-0.05, 0) is 48.4 Å². The molecule has 162 valence electrons. The summed E-state index contributed by atoms with van der Waals surface area (Å²) in [6, 6.07) is 11.7. The molecule has 0 aromatic heterocycles. The topological polar surface area (TPSA) is 85.3 Å². The van der Waals surface area contributed by atoms with Gasteiger partial charge in [-0.2, -0.15) is 0 Å².